The summed E-state index contributed by atoms with van der Waals surface area (Å²) in [6, 6.07) is 17.4. The maximum atomic E-state index is 12.4. The van der Waals surface area contributed by atoms with E-state index in [1.54, 1.807) is 13.2 Å². The van der Waals surface area contributed by atoms with Crippen molar-refractivity contribution in [1.82, 2.24) is 15.3 Å². The zero-order chi connectivity index (χ0) is 20.6. The van der Waals surface area contributed by atoms with Crippen molar-refractivity contribution in [2.24, 2.45) is 0 Å². The molecule has 1 aromatic heterocycles. The molecular formula is C22H25N5O2. The maximum absolute atomic E-state index is 12.4. The van der Waals surface area contributed by atoms with E-state index in [0.29, 0.717) is 24.5 Å². The van der Waals surface area contributed by atoms with Crippen LogP contribution < -0.4 is 20.3 Å². The summed E-state index contributed by atoms with van der Waals surface area (Å²) in [4.78, 5) is 22.7. The quantitative estimate of drug-likeness (QED) is 0.614. The van der Waals surface area contributed by atoms with Crippen LogP contribution in [0.2, 0.25) is 0 Å². The van der Waals surface area contributed by atoms with E-state index < -0.39 is 0 Å². The number of ether oxygens (including phenoxy) is 1. The molecule has 7 nitrogen and oxygen atoms in total. The number of rotatable bonds is 8. The van der Waals surface area contributed by atoms with Gasteiger partial charge in [-0.25, -0.2) is 9.97 Å². The third-order valence-electron chi connectivity index (χ3n) is 4.39. The summed E-state index contributed by atoms with van der Waals surface area (Å²) in [5.74, 6) is 1.14. The van der Waals surface area contributed by atoms with E-state index in [0.717, 1.165) is 22.7 Å². The van der Waals surface area contributed by atoms with Gasteiger partial charge in [0.15, 0.2) is 0 Å². The lowest BCUT2D eigenvalue weighted by Gasteiger charge is -2.13. The normalized spacial score (nSPS) is 10.3. The summed E-state index contributed by atoms with van der Waals surface area (Å²) < 4.78 is 5.22. The van der Waals surface area contributed by atoms with Gasteiger partial charge in [0.05, 0.1) is 7.11 Å². The molecule has 3 aromatic rings. The van der Waals surface area contributed by atoms with Crippen molar-refractivity contribution < 1.29 is 9.53 Å². The number of carbonyl (C=O) groups is 1. The van der Waals surface area contributed by atoms with Crippen molar-refractivity contribution in [2.75, 3.05) is 38.0 Å². The van der Waals surface area contributed by atoms with Crippen molar-refractivity contribution in [3.8, 4) is 5.75 Å². The van der Waals surface area contributed by atoms with Crippen LogP contribution in [0.4, 0.5) is 17.2 Å². The fraction of sp³-hybridized carbons (Fsp3) is 0.227. The molecule has 0 bridgehead atoms. The van der Waals surface area contributed by atoms with E-state index in [4.69, 9.17) is 4.74 Å². The Kier molecular flexibility index (Phi) is 6.63. The summed E-state index contributed by atoms with van der Waals surface area (Å²) in [6.07, 6.45) is 2.09. The minimum atomic E-state index is -0.235. The molecule has 29 heavy (non-hydrogen) atoms. The Labute approximate surface area is 170 Å². The zero-order valence-corrected chi connectivity index (χ0v) is 16.8. The van der Waals surface area contributed by atoms with Crippen molar-refractivity contribution in [3.05, 3.63) is 72.2 Å². The standard InChI is InChI=1S/C22H25N5O2/c1-27(2)18-9-7-17(8-10-18)26-21-14-20(24-15-25-21)22(28)23-12-11-16-5-4-6-19(13-16)29-3/h4-10,13-15H,11-12H2,1-3H3,(H,23,28)(H,24,25,26). The summed E-state index contributed by atoms with van der Waals surface area (Å²) in [5.41, 5.74) is 3.40. The summed E-state index contributed by atoms with van der Waals surface area (Å²) in [7, 11) is 5.62. The summed E-state index contributed by atoms with van der Waals surface area (Å²) >= 11 is 0. The number of methoxy groups -OCH3 is 1. The van der Waals surface area contributed by atoms with Gasteiger partial charge in [0, 0.05) is 38.1 Å². The highest BCUT2D eigenvalue weighted by Gasteiger charge is 2.09. The van der Waals surface area contributed by atoms with Crippen molar-refractivity contribution in [2.45, 2.75) is 6.42 Å². The van der Waals surface area contributed by atoms with E-state index in [9.17, 15) is 4.79 Å². The third kappa shape index (κ3) is 5.68. The van der Waals surface area contributed by atoms with Crippen LogP contribution in [0.3, 0.4) is 0 Å². The highest BCUT2D eigenvalue weighted by atomic mass is 16.5. The lowest BCUT2D eigenvalue weighted by molar-refractivity contribution is 0.0949. The van der Waals surface area contributed by atoms with Crippen LogP contribution in [0, 0.1) is 0 Å². The van der Waals surface area contributed by atoms with Crippen LogP contribution in [0.15, 0.2) is 60.9 Å². The van der Waals surface area contributed by atoms with Crippen LogP contribution >= 0.6 is 0 Å². The monoisotopic (exact) mass is 391 g/mol. The first kappa shape index (κ1) is 20.1. The fourth-order valence-electron chi connectivity index (χ4n) is 2.78. The maximum Gasteiger partial charge on any atom is 0.270 e. The Hall–Kier alpha value is -3.61. The number of hydrogen-bond donors (Lipinski definition) is 2. The number of nitrogens with zero attached hydrogens (tertiary/aromatic N) is 3. The molecular weight excluding hydrogens is 366 g/mol. The number of anilines is 3. The molecule has 0 atom stereocenters. The van der Waals surface area contributed by atoms with E-state index in [2.05, 4.69) is 20.6 Å². The molecule has 0 spiro atoms. The van der Waals surface area contributed by atoms with Gasteiger partial charge in [-0.15, -0.1) is 0 Å². The van der Waals surface area contributed by atoms with Gasteiger partial charge in [0.2, 0.25) is 0 Å². The molecule has 0 radical (unpaired) electrons. The van der Waals surface area contributed by atoms with Gasteiger partial charge in [0.1, 0.15) is 23.6 Å². The van der Waals surface area contributed by atoms with E-state index in [1.807, 2.05) is 67.5 Å². The molecule has 0 saturated carbocycles. The first-order valence-electron chi connectivity index (χ1n) is 9.33. The Morgan fingerprint density at radius 2 is 1.86 bits per heavy atom. The molecule has 0 saturated heterocycles. The van der Waals surface area contributed by atoms with Gasteiger partial charge >= 0.3 is 0 Å². The molecule has 1 amide bonds. The summed E-state index contributed by atoms with van der Waals surface area (Å²) in [5, 5.41) is 6.09. The number of aromatic nitrogens is 2. The number of benzene rings is 2. The molecule has 2 N–H and O–H groups in total. The number of amides is 1. The van der Waals surface area contributed by atoms with Crippen molar-refractivity contribution in [1.29, 1.82) is 0 Å². The SMILES string of the molecule is COc1cccc(CCNC(=O)c2cc(Nc3ccc(N(C)C)cc3)ncn2)c1. The second-order valence-electron chi connectivity index (χ2n) is 6.71. The highest BCUT2D eigenvalue weighted by Crippen LogP contribution is 2.19. The average Bonchev–Trinajstić information content (AvgIpc) is 2.74. The Bertz CT molecular complexity index is 957. The second-order valence-corrected chi connectivity index (χ2v) is 6.71. The van der Waals surface area contributed by atoms with Gasteiger partial charge in [0.25, 0.3) is 5.91 Å². The first-order valence-corrected chi connectivity index (χ1v) is 9.33. The lowest BCUT2D eigenvalue weighted by Crippen LogP contribution is -2.26. The van der Waals surface area contributed by atoms with Gasteiger partial charge < -0.3 is 20.3 Å². The molecule has 0 aliphatic heterocycles. The van der Waals surface area contributed by atoms with E-state index in [-0.39, 0.29) is 5.91 Å². The zero-order valence-electron chi connectivity index (χ0n) is 16.8. The van der Waals surface area contributed by atoms with Gasteiger partial charge in [-0.2, -0.15) is 0 Å². The fourth-order valence-corrected chi connectivity index (χ4v) is 2.78. The van der Waals surface area contributed by atoms with Crippen LogP contribution in [-0.2, 0) is 6.42 Å². The number of nitrogens with one attached hydrogen (secondary N) is 2. The van der Waals surface area contributed by atoms with Gasteiger partial charge in [-0.1, -0.05) is 12.1 Å². The average molecular weight is 391 g/mol. The number of hydrogen-bond acceptors (Lipinski definition) is 6. The van der Waals surface area contributed by atoms with E-state index in [1.165, 1.54) is 6.33 Å². The molecule has 7 heteroatoms. The third-order valence-corrected chi connectivity index (χ3v) is 4.39. The summed E-state index contributed by atoms with van der Waals surface area (Å²) in [6.45, 7) is 0.505. The first-order chi connectivity index (χ1) is 14.0. The lowest BCUT2D eigenvalue weighted by atomic mass is 10.1. The molecule has 0 aliphatic rings. The van der Waals surface area contributed by atoms with Gasteiger partial charge in [-0.3, -0.25) is 4.79 Å². The van der Waals surface area contributed by atoms with E-state index >= 15 is 0 Å². The largest absolute Gasteiger partial charge is 0.497 e. The smallest absolute Gasteiger partial charge is 0.270 e. The second kappa shape index (κ2) is 9.54. The van der Waals surface area contributed by atoms with Crippen molar-refractivity contribution >= 4 is 23.1 Å². The van der Waals surface area contributed by atoms with Crippen LogP contribution in [0.25, 0.3) is 0 Å². The van der Waals surface area contributed by atoms with Crippen LogP contribution in [0.5, 0.6) is 5.75 Å². The molecule has 0 aliphatic carbocycles. The number of carbonyl (C=O) groups excluding carboxylic acids is 1. The molecule has 0 fully saturated rings. The molecule has 1 heterocycles. The van der Waals surface area contributed by atoms with Gasteiger partial charge in [-0.05, 0) is 48.4 Å². The highest BCUT2D eigenvalue weighted by molar-refractivity contribution is 5.93. The molecule has 2 aromatic carbocycles. The van der Waals surface area contributed by atoms with Crippen LogP contribution in [-0.4, -0.2) is 43.6 Å². The molecule has 3 rings (SSSR count). The Balaban J connectivity index is 1.57. The Morgan fingerprint density at radius 1 is 1.07 bits per heavy atom. The minimum Gasteiger partial charge on any atom is -0.497 e. The molecule has 0 unspecified atom stereocenters. The predicted molar refractivity (Wildman–Crippen MR) is 115 cm³/mol. The van der Waals surface area contributed by atoms with Crippen molar-refractivity contribution in [3.63, 3.8) is 0 Å². The van der Waals surface area contributed by atoms with Crippen LogP contribution in [0.1, 0.15) is 16.1 Å². The Morgan fingerprint density at radius 3 is 2.59 bits per heavy atom. The predicted octanol–water partition coefficient (Wildman–Crippen LogP) is 3.27. The topological polar surface area (TPSA) is 79.4 Å². The molecule has 150 valence electrons. The minimum absolute atomic E-state index is 0.235.